The highest BCUT2D eigenvalue weighted by Gasteiger charge is 1.90. The molecule has 0 amide bonds. The first kappa shape index (κ1) is 5.22. The van der Waals surface area contributed by atoms with Crippen LogP contribution in [0.1, 0.15) is 0 Å². The molecule has 2 aromatic heterocycles. The van der Waals surface area contributed by atoms with Crippen molar-refractivity contribution in [3.8, 4) is 0 Å². The summed E-state index contributed by atoms with van der Waals surface area (Å²) in [5, 5.41) is 3.85. The molecule has 0 spiro atoms. The van der Waals surface area contributed by atoms with Crippen molar-refractivity contribution in [2.45, 2.75) is 0 Å². The lowest BCUT2D eigenvalue weighted by Gasteiger charge is -1.84. The number of fused-ring (bicyclic) bond motifs is 1. The third-order valence-corrected chi connectivity index (χ3v) is 1.24. The van der Waals surface area contributed by atoms with Gasteiger partial charge in [-0.1, -0.05) is 0 Å². The molecule has 49 valence electrons. The van der Waals surface area contributed by atoms with Gasteiger partial charge in [0, 0.05) is 12.3 Å². The molecule has 0 aromatic carbocycles. The Hall–Kier alpha value is -1.58. The van der Waals surface area contributed by atoms with Gasteiger partial charge in [-0.15, -0.1) is 0 Å². The van der Waals surface area contributed by atoms with Gasteiger partial charge in [0.05, 0.1) is 6.07 Å². The number of nitrogens with one attached hydrogen (secondary N) is 1. The first-order chi connectivity index (χ1) is 4.86. The zero-order valence-electron chi connectivity index (χ0n) is 5.03. The quantitative estimate of drug-likeness (QED) is 0.543. The van der Waals surface area contributed by atoms with Crippen molar-refractivity contribution in [2.75, 3.05) is 0 Å². The van der Waals surface area contributed by atoms with Crippen molar-refractivity contribution in [2.24, 2.45) is 0 Å². The van der Waals surface area contributed by atoms with Crippen LogP contribution >= 0.6 is 0 Å². The summed E-state index contributed by atoms with van der Waals surface area (Å²) in [5.41, 5.74) is 0.549. The maximum absolute atomic E-state index is 10.7. The summed E-state index contributed by atoms with van der Waals surface area (Å²) < 4.78 is 1.54. The van der Waals surface area contributed by atoms with Crippen LogP contribution in [0.3, 0.4) is 0 Å². The number of aromatic nitrogens is 3. The van der Waals surface area contributed by atoms with Gasteiger partial charge in [-0.25, -0.2) is 4.52 Å². The van der Waals surface area contributed by atoms with Gasteiger partial charge in [0.1, 0.15) is 12.0 Å². The maximum Gasteiger partial charge on any atom is 0.191 e. The lowest BCUT2D eigenvalue weighted by Crippen LogP contribution is -1.99. The second-order valence-electron chi connectivity index (χ2n) is 1.90. The van der Waals surface area contributed by atoms with Crippen molar-refractivity contribution >= 4 is 5.65 Å². The molecule has 0 atom stereocenters. The van der Waals surface area contributed by atoms with E-state index in [9.17, 15) is 4.79 Å². The molecule has 2 rings (SSSR count). The molecule has 0 aliphatic carbocycles. The van der Waals surface area contributed by atoms with Gasteiger partial charge in [-0.3, -0.25) is 4.79 Å². The highest BCUT2D eigenvalue weighted by atomic mass is 16.1. The maximum atomic E-state index is 10.7. The van der Waals surface area contributed by atoms with Crippen molar-refractivity contribution in [1.82, 2.24) is 14.6 Å². The molecule has 0 unspecified atom stereocenters. The van der Waals surface area contributed by atoms with Crippen molar-refractivity contribution in [3.63, 3.8) is 0 Å². The van der Waals surface area contributed by atoms with Crippen LogP contribution in [0.4, 0.5) is 0 Å². The smallest absolute Gasteiger partial charge is 0.191 e. The summed E-state index contributed by atoms with van der Waals surface area (Å²) in [6.45, 7) is 0. The average Bonchev–Trinajstić information content (AvgIpc) is 2.33. The largest absolute Gasteiger partial charge is 0.329 e. The number of pyridine rings is 1. The van der Waals surface area contributed by atoms with Crippen molar-refractivity contribution in [3.05, 3.63) is 34.9 Å². The topological polar surface area (TPSA) is 50.2 Å². The highest BCUT2D eigenvalue weighted by Crippen LogP contribution is 1.88. The minimum Gasteiger partial charge on any atom is -0.329 e. The fraction of sp³-hybridized carbons (Fsp3) is 0. The molecule has 2 heterocycles. The number of hydrogen-bond acceptors (Lipinski definition) is 2. The standard InChI is InChI=1S/C6H4N3O/c10-5-1-2-9-6(3-5)7-4-8-9/h2-4H,(H,7,8). The molecule has 0 saturated carbocycles. The van der Waals surface area contributed by atoms with Gasteiger partial charge >= 0.3 is 0 Å². The lowest BCUT2D eigenvalue weighted by molar-refractivity contribution is 0.956. The van der Waals surface area contributed by atoms with E-state index in [2.05, 4.69) is 16.1 Å². The Morgan fingerprint density at radius 2 is 2.60 bits per heavy atom. The van der Waals surface area contributed by atoms with Crippen molar-refractivity contribution in [1.29, 1.82) is 0 Å². The van der Waals surface area contributed by atoms with Crippen LogP contribution in [0.25, 0.3) is 5.65 Å². The molecule has 1 radical (unpaired) electrons. The Kier molecular flexibility index (Phi) is 0.887. The Labute approximate surface area is 56.1 Å². The van der Waals surface area contributed by atoms with Crippen LogP contribution in [0.15, 0.2) is 23.4 Å². The van der Waals surface area contributed by atoms with Gasteiger partial charge in [-0.2, -0.15) is 5.10 Å². The van der Waals surface area contributed by atoms with E-state index in [1.807, 2.05) is 0 Å². The molecule has 1 N–H and O–H groups in total. The summed E-state index contributed by atoms with van der Waals surface area (Å²) in [6, 6.07) is 3.92. The first-order valence-electron chi connectivity index (χ1n) is 2.80. The van der Waals surface area contributed by atoms with Gasteiger partial charge in [0.2, 0.25) is 0 Å². The fourth-order valence-electron chi connectivity index (χ4n) is 0.787. The van der Waals surface area contributed by atoms with Crippen LogP contribution in [-0.2, 0) is 0 Å². The van der Waals surface area contributed by atoms with Crippen LogP contribution < -0.4 is 5.43 Å². The molecule has 0 aliphatic rings. The highest BCUT2D eigenvalue weighted by molar-refractivity contribution is 5.34. The van der Waals surface area contributed by atoms with Crippen LogP contribution in [0.5, 0.6) is 0 Å². The Morgan fingerprint density at radius 1 is 1.70 bits per heavy atom. The number of nitrogens with zero attached hydrogens (tertiary/aromatic N) is 2. The third kappa shape index (κ3) is 0.621. The molecule has 4 heteroatoms. The normalized spacial score (nSPS) is 10.4. The van der Waals surface area contributed by atoms with E-state index >= 15 is 0 Å². The molecular weight excluding hydrogens is 130 g/mol. The van der Waals surface area contributed by atoms with E-state index in [1.54, 1.807) is 4.52 Å². The number of aromatic amines is 1. The predicted molar refractivity (Wildman–Crippen MR) is 34.6 cm³/mol. The molecule has 0 bridgehead atoms. The summed E-state index contributed by atoms with van der Waals surface area (Å²) >= 11 is 0. The molecule has 2 aromatic rings. The van der Waals surface area contributed by atoms with E-state index in [4.69, 9.17) is 0 Å². The van der Waals surface area contributed by atoms with Gasteiger partial charge in [0.25, 0.3) is 0 Å². The van der Waals surface area contributed by atoms with E-state index in [0.717, 1.165) is 0 Å². The van der Waals surface area contributed by atoms with Crippen LogP contribution in [0.2, 0.25) is 0 Å². The van der Waals surface area contributed by atoms with E-state index < -0.39 is 0 Å². The Balaban J connectivity index is 2.99. The van der Waals surface area contributed by atoms with E-state index in [1.165, 1.54) is 18.6 Å². The summed E-state index contributed by atoms with van der Waals surface area (Å²) in [5.74, 6) is 0. The minimum atomic E-state index is -0.135. The second-order valence-corrected chi connectivity index (χ2v) is 1.90. The van der Waals surface area contributed by atoms with Gasteiger partial charge in [-0.05, 0) is 0 Å². The Morgan fingerprint density at radius 3 is 3.50 bits per heavy atom. The van der Waals surface area contributed by atoms with Crippen molar-refractivity contribution < 1.29 is 0 Å². The summed E-state index contributed by atoms with van der Waals surface area (Å²) in [7, 11) is 0. The van der Waals surface area contributed by atoms with Gasteiger partial charge < -0.3 is 4.98 Å². The van der Waals surface area contributed by atoms with E-state index in [-0.39, 0.29) is 5.43 Å². The van der Waals surface area contributed by atoms with Crippen LogP contribution in [0, 0.1) is 6.07 Å². The Bertz CT molecular complexity index is 400. The zero-order chi connectivity index (χ0) is 6.97. The molecule has 4 nitrogen and oxygen atoms in total. The molecular formula is C6H4N3O. The molecule has 0 fully saturated rings. The van der Waals surface area contributed by atoms with Gasteiger partial charge in [0.15, 0.2) is 5.43 Å². The number of H-pyrrole nitrogens is 1. The fourth-order valence-corrected chi connectivity index (χ4v) is 0.787. The van der Waals surface area contributed by atoms with E-state index in [0.29, 0.717) is 5.65 Å². The summed E-state index contributed by atoms with van der Waals surface area (Å²) in [6.07, 6.45) is 3.01. The molecule has 0 saturated heterocycles. The minimum absolute atomic E-state index is 0.135. The van der Waals surface area contributed by atoms with Crippen LogP contribution in [-0.4, -0.2) is 14.6 Å². The monoisotopic (exact) mass is 134 g/mol. The SMILES string of the molecule is O=c1[c]cn2nc[nH]c2c1. The first-order valence-corrected chi connectivity index (χ1v) is 2.80. The predicted octanol–water partition coefficient (Wildman–Crippen LogP) is -0.177. The zero-order valence-corrected chi connectivity index (χ0v) is 5.03. The summed E-state index contributed by atoms with van der Waals surface area (Å²) in [4.78, 5) is 13.5. The third-order valence-electron chi connectivity index (χ3n) is 1.24. The number of hydrogen-bond donors (Lipinski definition) is 1. The number of rotatable bonds is 0. The lowest BCUT2D eigenvalue weighted by atomic mass is 10.5. The molecule has 0 aliphatic heterocycles. The molecule has 10 heavy (non-hydrogen) atoms. The average molecular weight is 134 g/mol. The second kappa shape index (κ2) is 1.70.